The third kappa shape index (κ3) is 4.11. The Morgan fingerprint density at radius 1 is 1.09 bits per heavy atom. The summed E-state index contributed by atoms with van der Waals surface area (Å²) in [5.41, 5.74) is 1.10. The van der Waals surface area contributed by atoms with Gasteiger partial charge in [0.2, 0.25) is 0 Å². The summed E-state index contributed by atoms with van der Waals surface area (Å²) in [4.78, 5) is 14.3. The van der Waals surface area contributed by atoms with Gasteiger partial charge >= 0.3 is 0 Å². The number of hydrogen-bond acceptors (Lipinski definition) is 3. The van der Waals surface area contributed by atoms with Gasteiger partial charge in [0.15, 0.2) is 6.61 Å². The van der Waals surface area contributed by atoms with Crippen LogP contribution in [0, 0.1) is 0 Å². The Labute approximate surface area is 136 Å². The molecule has 0 radical (unpaired) electrons. The zero-order chi connectivity index (χ0) is 16.1. The van der Waals surface area contributed by atoms with Crippen molar-refractivity contribution >= 4 is 5.91 Å². The molecule has 0 saturated carbocycles. The van der Waals surface area contributed by atoms with Crippen molar-refractivity contribution in [3.05, 3.63) is 66.2 Å². The van der Waals surface area contributed by atoms with E-state index in [2.05, 4.69) is 0 Å². The predicted molar refractivity (Wildman–Crippen MR) is 88.2 cm³/mol. The van der Waals surface area contributed by atoms with Crippen LogP contribution in [0.2, 0.25) is 0 Å². The van der Waals surface area contributed by atoms with E-state index in [1.165, 1.54) is 0 Å². The van der Waals surface area contributed by atoms with Crippen LogP contribution in [0.5, 0.6) is 5.75 Å². The molecular formula is C19H21NO3. The molecule has 0 bridgehead atoms. The Balaban J connectivity index is 1.61. The summed E-state index contributed by atoms with van der Waals surface area (Å²) >= 11 is 0. The van der Waals surface area contributed by atoms with Gasteiger partial charge in [0.1, 0.15) is 11.9 Å². The monoisotopic (exact) mass is 311 g/mol. The second-order valence-corrected chi connectivity index (χ2v) is 5.75. The number of morpholine rings is 1. The Hall–Kier alpha value is -2.33. The fourth-order valence-corrected chi connectivity index (χ4v) is 2.76. The minimum atomic E-state index is -0.0828. The number of amides is 1. The number of carbonyl (C=O) groups is 1. The lowest BCUT2D eigenvalue weighted by Crippen LogP contribution is -2.47. The first-order chi connectivity index (χ1) is 11.2. The molecule has 0 spiro atoms. The van der Waals surface area contributed by atoms with Crippen LogP contribution < -0.4 is 4.74 Å². The number of para-hydroxylation sites is 1. The summed E-state index contributed by atoms with van der Waals surface area (Å²) in [5.74, 6) is 0.701. The Morgan fingerprint density at radius 3 is 2.43 bits per heavy atom. The Morgan fingerprint density at radius 2 is 1.74 bits per heavy atom. The van der Waals surface area contributed by atoms with Gasteiger partial charge in [-0.3, -0.25) is 4.79 Å². The van der Waals surface area contributed by atoms with Crippen LogP contribution in [0.4, 0.5) is 0 Å². The first-order valence-electron chi connectivity index (χ1n) is 7.88. The molecule has 1 heterocycles. The van der Waals surface area contributed by atoms with Gasteiger partial charge < -0.3 is 14.4 Å². The molecule has 4 heteroatoms. The fraction of sp³-hybridized carbons (Fsp3) is 0.316. The summed E-state index contributed by atoms with van der Waals surface area (Å²) in [6.07, 6.45) is -0.0738. The average molecular weight is 311 g/mol. The quantitative estimate of drug-likeness (QED) is 0.871. The highest BCUT2D eigenvalue weighted by molar-refractivity contribution is 5.78. The second-order valence-electron chi connectivity index (χ2n) is 5.75. The van der Waals surface area contributed by atoms with Crippen LogP contribution in [0.15, 0.2) is 60.7 Å². The van der Waals surface area contributed by atoms with Crippen molar-refractivity contribution in [1.82, 2.24) is 4.90 Å². The van der Waals surface area contributed by atoms with Crippen LogP contribution >= 0.6 is 0 Å². The maximum absolute atomic E-state index is 12.4. The third-order valence-electron chi connectivity index (χ3n) is 3.89. The summed E-state index contributed by atoms with van der Waals surface area (Å²) < 4.78 is 11.5. The maximum atomic E-state index is 12.4. The van der Waals surface area contributed by atoms with E-state index < -0.39 is 0 Å². The van der Waals surface area contributed by atoms with E-state index in [0.717, 1.165) is 5.56 Å². The molecule has 2 aromatic rings. The van der Waals surface area contributed by atoms with Gasteiger partial charge in [-0.05, 0) is 24.6 Å². The minimum Gasteiger partial charge on any atom is -0.484 e. The van der Waals surface area contributed by atoms with Gasteiger partial charge in [-0.15, -0.1) is 0 Å². The molecule has 2 atom stereocenters. The molecule has 120 valence electrons. The molecule has 1 fully saturated rings. The molecule has 23 heavy (non-hydrogen) atoms. The van der Waals surface area contributed by atoms with E-state index in [9.17, 15) is 4.79 Å². The van der Waals surface area contributed by atoms with Crippen LogP contribution in [0.25, 0.3) is 0 Å². The van der Waals surface area contributed by atoms with Crippen LogP contribution in [0.3, 0.4) is 0 Å². The highest BCUT2D eigenvalue weighted by Crippen LogP contribution is 2.25. The molecule has 2 unspecified atom stereocenters. The van der Waals surface area contributed by atoms with E-state index in [1.54, 1.807) is 0 Å². The first kappa shape index (κ1) is 15.6. The Kier molecular flexibility index (Phi) is 4.93. The summed E-state index contributed by atoms with van der Waals surface area (Å²) in [6, 6.07) is 19.4. The molecule has 3 rings (SSSR count). The second kappa shape index (κ2) is 7.29. The van der Waals surface area contributed by atoms with Crippen LogP contribution in [0.1, 0.15) is 18.6 Å². The zero-order valence-electron chi connectivity index (χ0n) is 13.2. The number of rotatable bonds is 4. The van der Waals surface area contributed by atoms with E-state index in [1.807, 2.05) is 72.5 Å². The molecule has 2 aromatic carbocycles. The maximum Gasteiger partial charge on any atom is 0.260 e. The van der Waals surface area contributed by atoms with Crippen molar-refractivity contribution < 1.29 is 14.3 Å². The molecule has 0 N–H and O–H groups in total. The highest BCUT2D eigenvalue weighted by atomic mass is 16.5. The van der Waals surface area contributed by atoms with Gasteiger partial charge in [0.25, 0.3) is 5.91 Å². The lowest BCUT2D eigenvalue weighted by atomic mass is 10.1. The van der Waals surface area contributed by atoms with E-state index in [-0.39, 0.29) is 24.7 Å². The number of benzene rings is 2. The summed E-state index contributed by atoms with van der Waals surface area (Å²) in [7, 11) is 0. The third-order valence-corrected chi connectivity index (χ3v) is 3.89. The minimum absolute atomic E-state index is 0.00892. The van der Waals surface area contributed by atoms with Gasteiger partial charge in [-0.25, -0.2) is 0 Å². The average Bonchev–Trinajstić information content (AvgIpc) is 2.61. The van der Waals surface area contributed by atoms with Crippen LogP contribution in [-0.4, -0.2) is 36.6 Å². The van der Waals surface area contributed by atoms with E-state index in [4.69, 9.17) is 9.47 Å². The number of carbonyl (C=O) groups excluding carboxylic acids is 1. The van der Waals surface area contributed by atoms with E-state index in [0.29, 0.717) is 18.8 Å². The molecule has 0 aromatic heterocycles. The summed E-state index contributed by atoms with van der Waals surface area (Å²) in [6.45, 7) is 3.21. The highest BCUT2D eigenvalue weighted by Gasteiger charge is 2.29. The first-order valence-corrected chi connectivity index (χ1v) is 7.88. The van der Waals surface area contributed by atoms with Crippen molar-refractivity contribution in [1.29, 1.82) is 0 Å². The smallest absolute Gasteiger partial charge is 0.260 e. The van der Waals surface area contributed by atoms with Gasteiger partial charge in [-0.2, -0.15) is 0 Å². The number of nitrogens with zero attached hydrogens (tertiary/aromatic N) is 1. The number of ether oxygens (including phenoxy) is 2. The van der Waals surface area contributed by atoms with Gasteiger partial charge in [-0.1, -0.05) is 48.5 Å². The lowest BCUT2D eigenvalue weighted by molar-refractivity contribution is -0.146. The predicted octanol–water partition coefficient (Wildman–Crippen LogP) is 3.05. The molecule has 0 aliphatic carbocycles. The van der Waals surface area contributed by atoms with Crippen molar-refractivity contribution in [3.63, 3.8) is 0 Å². The molecule has 1 amide bonds. The topological polar surface area (TPSA) is 38.8 Å². The van der Waals surface area contributed by atoms with Crippen molar-refractivity contribution in [2.24, 2.45) is 0 Å². The van der Waals surface area contributed by atoms with Crippen molar-refractivity contribution in [3.8, 4) is 5.75 Å². The fourth-order valence-electron chi connectivity index (χ4n) is 2.76. The molecule has 1 aliphatic heterocycles. The molecule has 1 aliphatic rings. The van der Waals surface area contributed by atoms with Gasteiger partial charge in [0, 0.05) is 6.54 Å². The standard InChI is InChI=1S/C19H21NO3/c1-15-12-20(13-18(23-15)16-8-4-2-5-9-16)19(21)14-22-17-10-6-3-7-11-17/h2-11,15,18H,12-14H2,1H3. The normalized spacial score (nSPS) is 21.0. The lowest BCUT2D eigenvalue weighted by Gasteiger charge is -2.37. The van der Waals surface area contributed by atoms with Crippen molar-refractivity contribution in [2.45, 2.75) is 19.1 Å². The summed E-state index contributed by atoms with van der Waals surface area (Å²) in [5, 5.41) is 0. The van der Waals surface area contributed by atoms with Crippen LogP contribution in [-0.2, 0) is 9.53 Å². The Bertz CT molecular complexity index is 630. The largest absolute Gasteiger partial charge is 0.484 e. The zero-order valence-corrected chi connectivity index (χ0v) is 13.2. The number of hydrogen-bond donors (Lipinski definition) is 0. The molecular weight excluding hydrogens is 290 g/mol. The van der Waals surface area contributed by atoms with E-state index >= 15 is 0 Å². The van der Waals surface area contributed by atoms with Gasteiger partial charge in [0.05, 0.1) is 12.6 Å². The molecule has 4 nitrogen and oxygen atoms in total. The van der Waals surface area contributed by atoms with Crippen molar-refractivity contribution in [2.75, 3.05) is 19.7 Å². The SMILES string of the molecule is CC1CN(C(=O)COc2ccccc2)CC(c2ccccc2)O1. The molecule has 1 saturated heterocycles.